The van der Waals surface area contributed by atoms with Crippen molar-refractivity contribution in [2.45, 2.75) is 26.1 Å². The molecule has 0 saturated heterocycles. The molecule has 0 saturated carbocycles. The Bertz CT molecular complexity index is 469. The van der Waals surface area contributed by atoms with Gasteiger partial charge < -0.3 is 10.4 Å². The number of aliphatic hydroxyl groups is 1. The van der Waals surface area contributed by atoms with E-state index in [1.54, 1.807) is 17.1 Å². The highest BCUT2D eigenvalue weighted by molar-refractivity contribution is 5.14. The summed E-state index contributed by atoms with van der Waals surface area (Å²) in [6, 6.07) is 4.29. The van der Waals surface area contributed by atoms with E-state index in [1.165, 1.54) is 5.56 Å². The van der Waals surface area contributed by atoms with Crippen molar-refractivity contribution in [1.82, 2.24) is 20.1 Å². The fraction of sp³-hybridized carbons (Fsp3) is 0.385. The van der Waals surface area contributed by atoms with Gasteiger partial charge in [-0.15, -0.1) is 0 Å². The Labute approximate surface area is 106 Å². The second kappa shape index (κ2) is 6.28. The van der Waals surface area contributed by atoms with Gasteiger partial charge in [-0.2, -0.15) is 5.10 Å². The maximum Gasteiger partial charge on any atom is 0.0640 e. The van der Waals surface area contributed by atoms with Crippen LogP contribution in [-0.4, -0.2) is 26.5 Å². The number of nitrogens with one attached hydrogen (secondary N) is 1. The normalized spacial score (nSPS) is 12.6. The van der Waals surface area contributed by atoms with Gasteiger partial charge in [-0.3, -0.25) is 9.67 Å². The lowest BCUT2D eigenvalue weighted by Crippen LogP contribution is -2.17. The first-order chi connectivity index (χ1) is 8.79. The van der Waals surface area contributed by atoms with Crippen molar-refractivity contribution < 1.29 is 5.11 Å². The van der Waals surface area contributed by atoms with Crippen molar-refractivity contribution in [3.05, 3.63) is 48.0 Å². The first kappa shape index (κ1) is 12.7. The highest BCUT2D eigenvalue weighted by Crippen LogP contribution is 2.11. The van der Waals surface area contributed by atoms with Gasteiger partial charge in [0, 0.05) is 36.7 Å². The number of nitrogens with zero attached hydrogens (tertiary/aromatic N) is 3. The van der Waals surface area contributed by atoms with E-state index in [4.69, 9.17) is 5.11 Å². The van der Waals surface area contributed by atoms with Crippen molar-refractivity contribution in [1.29, 1.82) is 0 Å². The predicted molar refractivity (Wildman–Crippen MR) is 68.8 cm³/mol. The molecule has 0 aromatic carbocycles. The molecular formula is C13H18N4O. The Balaban J connectivity index is 1.87. The molecule has 2 heterocycles. The summed E-state index contributed by atoms with van der Waals surface area (Å²) >= 11 is 0. The lowest BCUT2D eigenvalue weighted by molar-refractivity contribution is 0.269. The maximum absolute atomic E-state index is 8.81. The monoisotopic (exact) mass is 246 g/mol. The summed E-state index contributed by atoms with van der Waals surface area (Å²) < 4.78 is 1.74. The van der Waals surface area contributed by atoms with E-state index in [0.29, 0.717) is 6.54 Å². The van der Waals surface area contributed by atoms with Crippen molar-refractivity contribution >= 4 is 0 Å². The average molecular weight is 246 g/mol. The number of aromatic nitrogens is 3. The Morgan fingerprint density at radius 1 is 1.39 bits per heavy atom. The Kier molecular flexibility index (Phi) is 4.44. The van der Waals surface area contributed by atoms with Crippen molar-refractivity contribution in [3.8, 4) is 0 Å². The summed E-state index contributed by atoms with van der Waals surface area (Å²) in [6.07, 6.45) is 7.37. The summed E-state index contributed by atoms with van der Waals surface area (Å²) in [6.45, 7) is 3.53. The second-order valence-electron chi connectivity index (χ2n) is 4.22. The SMILES string of the molecule is C[C@H](NCc1cnn(CCO)c1)c1ccncc1. The summed E-state index contributed by atoms with van der Waals surface area (Å²) in [5.41, 5.74) is 2.33. The number of hydrogen-bond acceptors (Lipinski definition) is 4. The van der Waals surface area contributed by atoms with E-state index in [9.17, 15) is 0 Å². The zero-order valence-electron chi connectivity index (χ0n) is 10.5. The number of hydrogen-bond donors (Lipinski definition) is 2. The predicted octanol–water partition coefficient (Wildman–Crippen LogP) is 1.12. The minimum absolute atomic E-state index is 0.113. The van der Waals surface area contributed by atoms with Crippen LogP contribution in [0.1, 0.15) is 24.1 Å². The molecule has 0 radical (unpaired) electrons. The molecule has 96 valence electrons. The third kappa shape index (κ3) is 3.38. The lowest BCUT2D eigenvalue weighted by atomic mass is 10.1. The van der Waals surface area contributed by atoms with Gasteiger partial charge in [0.05, 0.1) is 19.3 Å². The Morgan fingerprint density at radius 2 is 2.17 bits per heavy atom. The van der Waals surface area contributed by atoms with Crippen LogP contribution in [0.4, 0.5) is 0 Å². The molecule has 1 atom stereocenters. The highest BCUT2D eigenvalue weighted by Gasteiger charge is 2.05. The molecule has 0 unspecified atom stereocenters. The minimum Gasteiger partial charge on any atom is -0.394 e. The molecule has 2 N–H and O–H groups in total. The van der Waals surface area contributed by atoms with Gasteiger partial charge in [0.15, 0.2) is 0 Å². The fourth-order valence-corrected chi connectivity index (χ4v) is 1.76. The second-order valence-corrected chi connectivity index (χ2v) is 4.22. The Hall–Kier alpha value is -1.72. The molecule has 2 rings (SSSR count). The van der Waals surface area contributed by atoms with E-state index in [0.717, 1.165) is 12.1 Å². The van der Waals surface area contributed by atoms with Gasteiger partial charge in [-0.05, 0) is 24.6 Å². The fourth-order valence-electron chi connectivity index (χ4n) is 1.76. The van der Waals surface area contributed by atoms with Crippen LogP contribution in [0, 0.1) is 0 Å². The molecule has 0 fully saturated rings. The van der Waals surface area contributed by atoms with E-state index < -0.39 is 0 Å². The van der Waals surface area contributed by atoms with Gasteiger partial charge in [-0.25, -0.2) is 0 Å². The topological polar surface area (TPSA) is 63.0 Å². The van der Waals surface area contributed by atoms with Crippen molar-refractivity contribution in [2.75, 3.05) is 6.61 Å². The zero-order valence-corrected chi connectivity index (χ0v) is 10.5. The smallest absolute Gasteiger partial charge is 0.0640 e. The van der Waals surface area contributed by atoms with E-state index in [2.05, 4.69) is 22.3 Å². The van der Waals surface area contributed by atoms with Gasteiger partial charge >= 0.3 is 0 Å². The molecule has 0 spiro atoms. The van der Waals surface area contributed by atoms with Crippen LogP contribution in [0.5, 0.6) is 0 Å². The van der Waals surface area contributed by atoms with Crippen LogP contribution in [0.25, 0.3) is 0 Å². The summed E-state index contributed by atoms with van der Waals surface area (Å²) in [5, 5.41) is 16.4. The first-order valence-electron chi connectivity index (χ1n) is 6.05. The minimum atomic E-state index is 0.113. The lowest BCUT2D eigenvalue weighted by Gasteiger charge is -2.12. The summed E-state index contributed by atoms with van der Waals surface area (Å²) in [5.74, 6) is 0. The zero-order chi connectivity index (χ0) is 12.8. The molecule has 5 nitrogen and oxygen atoms in total. The van der Waals surface area contributed by atoms with E-state index in [-0.39, 0.29) is 12.6 Å². The molecular weight excluding hydrogens is 228 g/mol. The molecule has 2 aromatic heterocycles. The van der Waals surface area contributed by atoms with Gasteiger partial charge in [0.25, 0.3) is 0 Å². The molecule has 0 aliphatic heterocycles. The third-order valence-corrected chi connectivity index (χ3v) is 2.83. The highest BCUT2D eigenvalue weighted by atomic mass is 16.3. The quantitative estimate of drug-likeness (QED) is 0.802. The number of rotatable bonds is 6. The molecule has 2 aromatic rings. The van der Waals surface area contributed by atoms with Crippen molar-refractivity contribution in [3.63, 3.8) is 0 Å². The molecule has 18 heavy (non-hydrogen) atoms. The third-order valence-electron chi connectivity index (χ3n) is 2.83. The van der Waals surface area contributed by atoms with Crippen molar-refractivity contribution in [2.24, 2.45) is 0 Å². The van der Waals surface area contributed by atoms with Crippen LogP contribution >= 0.6 is 0 Å². The standard InChI is InChI=1S/C13H18N4O/c1-11(13-2-4-14-5-3-13)15-8-12-9-16-17(10-12)6-7-18/h2-5,9-11,15,18H,6-8H2,1H3/t11-/m0/s1. The molecule has 0 amide bonds. The van der Waals surface area contributed by atoms with Crippen LogP contribution in [0.3, 0.4) is 0 Å². The van der Waals surface area contributed by atoms with Crippen LogP contribution < -0.4 is 5.32 Å². The Morgan fingerprint density at radius 3 is 2.89 bits per heavy atom. The summed E-state index contributed by atoms with van der Waals surface area (Å²) in [4.78, 5) is 4.01. The van der Waals surface area contributed by atoms with Crippen LogP contribution in [0.2, 0.25) is 0 Å². The maximum atomic E-state index is 8.81. The van der Waals surface area contributed by atoms with Gasteiger partial charge in [-0.1, -0.05) is 0 Å². The van der Waals surface area contributed by atoms with E-state index in [1.807, 2.05) is 24.5 Å². The largest absolute Gasteiger partial charge is 0.394 e. The number of aliphatic hydroxyl groups excluding tert-OH is 1. The first-order valence-corrected chi connectivity index (χ1v) is 6.05. The molecule has 0 bridgehead atoms. The van der Waals surface area contributed by atoms with E-state index >= 15 is 0 Å². The van der Waals surface area contributed by atoms with Gasteiger partial charge in [0.2, 0.25) is 0 Å². The molecule has 5 heteroatoms. The molecule has 0 aliphatic rings. The molecule has 0 aliphatic carbocycles. The number of pyridine rings is 1. The van der Waals surface area contributed by atoms with Crippen LogP contribution in [0.15, 0.2) is 36.9 Å². The van der Waals surface area contributed by atoms with Crippen LogP contribution in [-0.2, 0) is 13.1 Å². The average Bonchev–Trinajstić information content (AvgIpc) is 2.85. The summed E-state index contributed by atoms with van der Waals surface area (Å²) in [7, 11) is 0. The van der Waals surface area contributed by atoms with Gasteiger partial charge in [0.1, 0.15) is 0 Å².